The molecular formula is C26H29BrN4O4S2. The number of amides is 1. The first-order valence-corrected chi connectivity index (χ1v) is 14.8. The van der Waals surface area contributed by atoms with Crippen LogP contribution in [-0.4, -0.2) is 54.0 Å². The second kappa shape index (κ2) is 13.0. The number of anilines is 2. The minimum atomic E-state index is -4.04. The summed E-state index contributed by atoms with van der Waals surface area (Å²) in [6, 6.07) is 18.8. The van der Waals surface area contributed by atoms with E-state index in [1.54, 1.807) is 36.4 Å². The van der Waals surface area contributed by atoms with Crippen LogP contribution >= 0.6 is 27.7 Å². The fourth-order valence-corrected chi connectivity index (χ4v) is 5.96. The van der Waals surface area contributed by atoms with E-state index in [4.69, 9.17) is 4.74 Å². The molecule has 0 aliphatic heterocycles. The zero-order chi connectivity index (χ0) is 27.0. The molecule has 0 aliphatic carbocycles. The molecular weight excluding hydrogens is 576 g/mol. The first kappa shape index (κ1) is 28.5. The van der Waals surface area contributed by atoms with Crippen LogP contribution in [0, 0.1) is 0 Å². The fraction of sp³-hybridized carbons (Fsp3) is 0.231. The maximum Gasteiger partial charge on any atom is 0.264 e. The summed E-state index contributed by atoms with van der Waals surface area (Å²) in [4.78, 5) is 15.8. The summed E-state index contributed by atoms with van der Waals surface area (Å²) in [5.74, 6) is 0.0202. The predicted octanol–water partition coefficient (Wildman–Crippen LogP) is 4.98. The van der Waals surface area contributed by atoms with Crippen molar-refractivity contribution in [1.29, 1.82) is 0 Å². The molecule has 0 aliphatic rings. The summed E-state index contributed by atoms with van der Waals surface area (Å²) < 4.78 is 34.5. The van der Waals surface area contributed by atoms with Gasteiger partial charge in [-0.1, -0.05) is 6.07 Å². The Labute approximate surface area is 230 Å². The number of hydrogen-bond acceptors (Lipinski definition) is 7. The number of nitrogens with one attached hydrogen (secondary N) is 1. The third kappa shape index (κ3) is 7.50. The number of hydrogen-bond donors (Lipinski definition) is 1. The number of ether oxygens (including phenoxy) is 1. The minimum Gasteiger partial charge on any atom is -0.494 e. The van der Waals surface area contributed by atoms with Gasteiger partial charge in [0.15, 0.2) is 0 Å². The highest BCUT2D eigenvalue weighted by Gasteiger charge is 2.27. The molecule has 1 N–H and O–H groups in total. The van der Waals surface area contributed by atoms with Crippen molar-refractivity contribution >= 4 is 61.2 Å². The van der Waals surface area contributed by atoms with Crippen LogP contribution in [0.3, 0.4) is 0 Å². The molecule has 0 radical (unpaired) electrons. The second-order valence-corrected chi connectivity index (χ2v) is 11.6. The van der Waals surface area contributed by atoms with E-state index in [0.717, 1.165) is 24.9 Å². The van der Waals surface area contributed by atoms with Crippen LogP contribution in [0.1, 0.15) is 12.5 Å². The lowest BCUT2D eigenvalue weighted by Crippen LogP contribution is -2.39. The molecule has 0 atom stereocenters. The number of carbonyl (C=O) groups excluding carboxylic acids is 1. The molecule has 37 heavy (non-hydrogen) atoms. The summed E-state index contributed by atoms with van der Waals surface area (Å²) in [7, 11) is -0.156. The van der Waals surface area contributed by atoms with Crippen molar-refractivity contribution in [2.75, 3.05) is 42.7 Å². The Kier molecular flexibility index (Phi) is 10.0. The molecule has 0 bridgehead atoms. The SMILES string of the molecule is CCOc1ccc(N(CC(=O)NN=Cc2ccc(N(C)C)c(Br)c2)S(=O)(=O)c2ccc(SC)cc2)cc1. The molecule has 0 aromatic heterocycles. The van der Waals surface area contributed by atoms with Crippen molar-refractivity contribution in [3.8, 4) is 5.75 Å². The second-order valence-electron chi connectivity index (χ2n) is 8.01. The van der Waals surface area contributed by atoms with E-state index in [1.807, 2.05) is 50.4 Å². The highest BCUT2D eigenvalue weighted by molar-refractivity contribution is 9.10. The molecule has 3 aromatic rings. The number of sulfonamides is 1. The van der Waals surface area contributed by atoms with Crippen LogP contribution in [0.5, 0.6) is 5.75 Å². The Morgan fingerprint density at radius 3 is 2.32 bits per heavy atom. The van der Waals surface area contributed by atoms with Crippen LogP contribution in [0.4, 0.5) is 11.4 Å². The van der Waals surface area contributed by atoms with Crippen LogP contribution in [0.2, 0.25) is 0 Å². The van der Waals surface area contributed by atoms with Gasteiger partial charge in [-0.15, -0.1) is 11.8 Å². The van der Waals surface area contributed by atoms with Crippen LogP contribution in [0.15, 0.2) is 86.1 Å². The molecule has 0 unspecified atom stereocenters. The maximum absolute atomic E-state index is 13.6. The van der Waals surface area contributed by atoms with Gasteiger partial charge in [-0.25, -0.2) is 13.8 Å². The standard InChI is InChI=1S/C26H29BrN4O4S2/c1-5-35-21-9-7-20(8-10-21)31(37(33,34)23-13-11-22(36-4)12-14-23)18-26(32)29-28-17-19-6-15-25(30(2)3)24(27)16-19/h6-17H,5,18H2,1-4H3,(H,29,32). The lowest BCUT2D eigenvalue weighted by molar-refractivity contribution is -0.119. The van der Waals surface area contributed by atoms with E-state index in [-0.39, 0.29) is 4.90 Å². The molecule has 0 heterocycles. The van der Waals surface area contributed by atoms with Gasteiger partial charge in [-0.2, -0.15) is 5.10 Å². The maximum atomic E-state index is 13.6. The highest BCUT2D eigenvalue weighted by Crippen LogP contribution is 2.27. The van der Waals surface area contributed by atoms with E-state index < -0.39 is 22.5 Å². The Morgan fingerprint density at radius 1 is 1.08 bits per heavy atom. The van der Waals surface area contributed by atoms with E-state index in [9.17, 15) is 13.2 Å². The monoisotopic (exact) mass is 604 g/mol. The average Bonchev–Trinajstić information content (AvgIpc) is 2.88. The van der Waals surface area contributed by atoms with Crippen molar-refractivity contribution < 1.29 is 17.9 Å². The summed E-state index contributed by atoms with van der Waals surface area (Å²) in [6.07, 6.45) is 3.41. The lowest BCUT2D eigenvalue weighted by atomic mass is 10.2. The zero-order valence-corrected chi connectivity index (χ0v) is 24.2. The Bertz CT molecular complexity index is 1350. The molecule has 0 saturated carbocycles. The Morgan fingerprint density at radius 2 is 1.76 bits per heavy atom. The predicted molar refractivity (Wildman–Crippen MR) is 155 cm³/mol. The third-order valence-electron chi connectivity index (χ3n) is 5.23. The number of hydrazone groups is 1. The normalized spacial score (nSPS) is 11.4. The Hall–Kier alpha value is -3.02. The van der Waals surface area contributed by atoms with Gasteiger partial charge in [0.25, 0.3) is 15.9 Å². The number of nitrogens with zero attached hydrogens (tertiary/aromatic N) is 3. The molecule has 0 saturated heterocycles. The average molecular weight is 606 g/mol. The van der Waals surface area contributed by atoms with Gasteiger partial charge in [0.2, 0.25) is 0 Å². The third-order valence-corrected chi connectivity index (χ3v) is 8.39. The van der Waals surface area contributed by atoms with Gasteiger partial charge in [-0.05, 0) is 95.3 Å². The van der Waals surface area contributed by atoms with Gasteiger partial charge in [-0.3, -0.25) is 9.10 Å². The molecule has 0 fully saturated rings. The van der Waals surface area contributed by atoms with Gasteiger partial charge in [0.1, 0.15) is 12.3 Å². The van der Waals surface area contributed by atoms with Gasteiger partial charge >= 0.3 is 0 Å². The molecule has 3 aromatic carbocycles. The van der Waals surface area contributed by atoms with Crippen LogP contribution < -0.4 is 19.4 Å². The van der Waals surface area contributed by atoms with Crippen molar-refractivity contribution in [3.63, 3.8) is 0 Å². The van der Waals surface area contributed by atoms with E-state index in [1.165, 1.54) is 30.1 Å². The van der Waals surface area contributed by atoms with Gasteiger partial charge in [0.05, 0.1) is 29.1 Å². The van der Waals surface area contributed by atoms with Crippen molar-refractivity contribution in [2.24, 2.45) is 5.10 Å². The summed E-state index contributed by atoms with van der Waals surface area (Å²) in [5, 5.41) is 4.02. The Balaban J connectivity index is 1.82. The van der Waals surface area contributed by atoms with Crippen molar-refractivity contribution in [2.45, 2.75) is 16.7 Å². The minimum absolute atomic E-state index is 0.0846. The van der Waals surface area contributed by atoms with Crippen LogP contribution in [-0.2, 0) is 14.8 Å². The van der Waals surface area contributed by atoms with Crippen LogP contribution in [0.25, 0.3) is 0 Å². The lowest BCUT2D eigenvalue weighted by Gasteiger charge is -2.24. The summed E-state index contributed by atoms with van der Waals surface area (Å²) in [6.45, 7) is 1.89. The number of rotatable bonds is 11. The molecule has 11 heteroatoms. The van der Waals surface area contributed by atoms with Gasteiger partial charge < -0.3 is 9.64 Å². The van der Waals surface area contributed by atoms with E-state index in [2.05, 4.69) is 26.5 Å². The molecule has 196 valence electrons. The van der Waals surface area contributed by atoms with Gasteiger partial charge in [0, 0.05) is 23.5 Å². The topological polar surface area (TPSA) is 91.3 Å². The molecule has 3 rings (SSSR count). The zero-order valence-electron chi connectivity index (χ0n) is 21.0. The fourth-order valence-electron chi connectivity index (χ4n) is 3.38. The summed E-state index contributed by atoms with van der Waals surface area (Å²) >= 11 is 5.03. The number of benzene rings is 3. The molecule has 8 nitrogen and oxygen atoms in total. The van der Waals surface area contributed by atoms with Crippen molar-refractivity contribution in [3.05, 3.63) is 76.8 Å². The first-order valence-electron chi connectivity index (χ1n) is 11.3. The number of halogens is 1. The van der Waals surface area contributed by atoms with E-state index in [0.29, 0.717) is 18.0 Å². The quantitative estimate of drug-likeness (QED) is 0.188. The first-order chi connectivity index (χ1) is 17.6. The smallest absolute Gasteiger partial charge is 0.264 e. The van der Waals surface area contributed by atoms with Crippen molar-refractivity contribution in [1.82, 2.24) is 5.43 Å². The largest absolute Gasteiger partial charge is 0.494 e. The summed E-state index contributed by atoms with van der Waals surface area (Å²) in [5.41, 5.74) is 4.53. The highest BCUT2D eigenvalue weighted by atomic mass is 79.9. The molecule has 1 amide bonds. The molecule has 0 spiro atoms. The number of carbonyl (C=O) groups is 1. The number of thioether (sulfide) groups is 1. The van der Waals surface area contributed by atoms with E-state index >= 15 is 0 Å².